The molecule has 4 heteroatoms. The highest BCUT2D eigenvalue weighted by molar-refractivity contribution is 5.91. The first kappa shape index (κ1) is 25.0. The van der Waals surface area contributed by atoms with Crippen molar-refractivity contribution in [1.82, 2.24) is 5.32 Å². The van der Waals surface area contributed by atoms with Crippen molar-refractivity contribution in [3.63, 3.8) is 0 Å². The molecule has 0 aromatic heterocycles. The minimum atomic E-state index is -0.858. The van der Waals surface area contributed by atoms with Crippen LogP contribution in [0.2, 0.25) is 0 Å². The van der Waals surface area contributed by atoms with Crippen molar-refractivity contribution >= 4 is 16.7 Å². The molecule has 4 aromatic carbocycles. The van der Waals surface area contributed by atoms with E-state index in [1.165, 1.54) is 16.3 Å². The summed E-state index contributed by atoms with van der Waals surface area (Å²) in [6.45, 7) is 5.71. The molecule has 4 nitrogen and oxygen atoms in total. The van der Waals surface area contributed by atoms with Gasteiger partial charge in [0.25, 0.3) is 0 Å². The molecule has 0 bridgehead atoms. The predicted octanol–water partition coefficient (Wildman–Crippen LogP) is 7.05. The lowest BCUT2D eigenvalue weighted by Gasteiger charge is -2.33. The second-order valence-corrected chi connectivity index (χ2v) is 10.1. The van der Waals surface area contributed by atoms with Crippen LogP contribution in [0.4, 0.5) is 0 Å². The fourth-order valence-electron chi connectivity index (χ4n) is 5.85. The SMILES string of the molecule is Cc1ccc([C@H]2C[C@H](CCCNCCc3cccc4ccccc34)Oc3ccccc32)c(C)c1C(=O)O. The van der Waals surface area contributed by atoms with Gasteiger partial charge in [0.2, 0.25) is 0 Å². The van der Waals surface area contributed by atoms with Crippen molar-refractivity contribution in [3.8, 4) is 5.75 Å². The summed E-state index contributed by atoms with van der Waals surface area (Å²) in [6.07, 6.45) is 3.96. The molecule has 1 aliphatic heterocycles. The number of ether oxygens (including phenoxy) is 1. The van der Waals surface area contributed by atoms with Crippen LogP contribution in [0.25, 0.3) is 10.8 Å². The first-order valence-electron chi connectivity index (χ1n) is 13.3. The maximum atomic E-state index is 11.9. The zero-order chi connectivity index (χ0) is 25.8. The van der Waals surface area contributed by atoms with Crippen molar-refractivity contribution in [2.45, 2.75) is 51.6 Å². The molecule has 0 fully saturated rings. The van der Waals surface area contributed by atoms with E-state index in [1.54, 1.807) is 0 Å². The summed E-state index contributed by atoms with van der Waals surface area (Å²) < 4.78 is 6.40. The molecule has 0 saturated heterocycles. The molecule has 2 atom stereocenters. The number of carboxylic acids is 1. The van der Waals surface area contributed by atoms with Gasteiger partial charge in [-0.15, -0.1) is 0 Å². The molecule has 4 aromatic rings. The number of fused-ring (bicyclic) bond motifs is 2. The summed E-state index contributed by atoms with van der Waals surface area (Å²) in [4.78, 5) is 11.9. The summed E-state index contributed by atoms with van der Waals surface area (Å²) in [6, 6.07) is 27.4. The van der Waals surface area contributed by atoms with E-state index in [-0.39, 0.29) is 12.0 Å². The Morgan fingerprint density at radius 1 is 0.919 bits per heavy atom. The Hall–Kier alpha value is -3.63. The normalized spacial score (nSPS) is 16.8. The van der Waals surface area contributed by atoms with Crippen LogP contribution in [0.5, 0.6) is 5.75 Å². The molecule has 1 aliphatic rings. The van der Waals surface area contributed by atoms with Gasteiger partial charge in [-0.25, -0.2) is 4.79 Å². The fraction of sp³-hybridized carbons (Fsp3) is 0.303. The van der Waals surface area contributed by atoms with E-state index in [0.717, 1.165) is 66.8 Å². The maximum Gasteiger partial charge on any atom is 0.336 e. The molecule has 5 rings (SSSR count). The van der Waals surface area contributed by atoms with E-state index in [2.05, 4.69) is 59.9 Å². The Labute approximate surface area is 219 Å². The van der Waals surface area contributed by atoms with E-state index >= 15 is 0 Å². The van der Waals surface area contributed by atoms with E-state index in [1.807, 2.05) is 38.1 Å². The monoisotopic (exact) mass is 493 g/mol. The molecule has 1 heterocycles. The lowest BCUT2D eigenvalue weighted by molar-refractivity contribution is 0.0695. The van der Waals surface area contributed by atoms with Crippen LogP contribution in [0.3, 0.4) is 0 Å². The third-order valence-corrected chi connectivity index (χ3v) is 7.72. The number of para-hydroxylation sites is 1. The molecular formula is C33H35NO3. The van der Waals surface area contributed by atoms with Crippen molar-refractivity contribution in [1.29, 1.82) is 0 Å². The number of benzene rings is 4. The molecule has 2 N–H and O–H groups in total. The third-order valence-electron chi connectivity index (χ3n) is 7.72. The third kappa shape index (κ3) is 5.40. The van der Waals surface area contributed by atoms with Crippen LogP contribution in [0.15, 0.2) is 78.9 Å². The number of hydrogen-bond donors (Lipinski definition) is 2. The van der Waals surface area contributed by atoms with Gasteiger partial charge in [-0.05, 0) is 91.7 Å². The Morgan fingerprint density at radius 2 is 1.70 bits per heavy atom. The number of hydrogen-bond acceptors (Lipinski definition) is 3. The molecule has 37 heavy (non-hydrogen) atoms. The van der Waals surface area contributed by atoms with Gasteiger partial charge >= 0.3 is 5.97 Å². The quantitative estimate of drug-likeness (QED) is 0.245. The van der Waals surface area contributed by atoms with Crippen LogP contribution in [0.1, 0.15) is 63.4 Å². The Bertz CT molecular complexity index is 1400. The van der Waals surface area contributed by atoms with E-state index in [4.69, 9.17) is 4.74 Å². The van der Waals surface area contributed by atoms with Gasteiger partial charge in [-0.1, -0.05) is 72.8 Å². The standard InChI is InChI=1S/C33H35NO3/c1-22-16-17-27(23(2)32(22)33(35)36)30-21-26(37-31-15-6-5-14-29(30)31)12-8-19-34-20-18-25-11-7-10-24-9-3-4-13-28(24)25/h3-7,9-11,13-17,26,30,34H,8,12,18-21H2,1-2H3,(H,35,36)/t26-,30+/m0/s1. The summed E-state index contributed by atoms with van der Waals surface area (Å²) in [5.41, 5.74) is 5.72. The van der Waals surface area contributed by atoms with Gasteiger partial charge in [0, 0.05) is 11.5 Å². The molecule has 0 radical (unpaired) electrons. The Kier molecular flexibility index (Phi) is 7.57. The van der Waals surface area contributed by atoms with E-state index in [0.29, 0.717) is 5.56 Å². The van der Waals surface area contributed by atoms with Gasteiger partial charge in [0.05, 0.1) is 11.7 Å². The molecule has 0 amide bonds. The van der Waals surface area contributed by atoms with Gasteiger partial charge in [-0.2, -0.15) is 0 Å². The molecule has 190 valence electrons. The number of carboxylic acid groups (broad SMARTS) is 1. The Morgan fingerprint density at radius 3 is 2.57 bits per heavy atom. The zero-order valence-electron chi connectivity index (χ0n) is 21.7. The van der Waals surface area contributed by atoms with Gasteiger partial charge in [0.1, 0.15) is 5.75 Å². The summed E-state index contributed by atoms with van der Waals surface area (Å²) >= 11 is 0. The predicted molar refractivity (Wildman–Crippen MR) is 150 cm³/mol. The molecule has 0 spiro atoms. The largest absolute Gasteiger partial charge is 0.490 e. The first-order chi connectivity index (χ1) is 18.0. The average Bonchev–Trinajstić information content (AvgIpc) is 2.90. The van der Waals surface area contributed by atoms with Crippen LogP contribution in [-0.4, -0.2) is 30.3 Å². The van der Waals surface area contributed by atoms with Crippen LogP contribution < -0.4 is 10.1 Å². The van der Waals surface area contributed by atoms with Crippen LogP contribution >= 0.6 is 0 Å². The number of rotatable bonds is 9. The smallest absolute Gasteiger partial charge is 0.336 e. The molecule has 0 saturated carbocycles. The minimum absolute atomic E-state index is 0.105. The highest BCUT2D eigenvalue weighted by Crippen LogP contribution is 2.43. The fourth-order valence-corrected chi connectivity index (χ4v) is 5.85. The second-order valence-electron chi connectivity index (χ2n) is 10.1. The maximum absolute atomic E-state index is 11.9. The average molecular weight is 494 g/mol. The van der Waals surface area contributed by atoms with E-state index in [9.17, 15) is 9.90 Å². The molecule has 0 aliphatic carbocycles. The highest BCUT2D eigenvalue weighted by Gasteiger charge is 2.31. The van der Waals surface area contributed by atoms with Crippen molar-refractivity contribution < 1.29 is 14.6 Å². The first-order valence-corrected chi connectivity index (χ1v) is 13.3. The van der Waals surface area contributed by atoms with Gasteiger partial charge in [0.15, 0.2) is 0 Å². The van der Waals surface area contributed by atoms with Crippen molar-refractivity contribution in [2.24, 2.45) is 0 Å². The summed E-state index contributed by atoms with van der Waals surface area (Å²) in [5.74, 6) is 0.195. The Balaban J connectivity index is 1.21. The molecular weight excluding hydrogens is 458 g/mol. The van der Waals surface area contributed by atoms with Crippen molar-refractivity contribution in [2.75, 3.05) is 13.1 Å². The number of nitrogens with one attached hydrogen (secondary N) is 1. The van der Waals surface area contributed by atoms with Gasteiger partial charge in [-0.3, -0.25) is 0 Å². The summed E-state index contributed by atoms with van der Waals surface area (Å²) in [7, 11) is 0. The lowest BCUT2D eigenvalue weighted by Crippen LogP contribution is -2.28. The van der Waals surface area contributed by atoms with Crippen molar-refractivity contribution in [3.05, 3.63) is 112 Å². The number of aromatic carboxylic acids is 1. The zero-order valence-corrected chi connectivity index (χ0v) is 21.7. The summed E-state index contributed by atoms with van der Waals surface area (Å²) in [5, 5.41) is 16.0. The lowest BCUT2D eigenvalue weighted by atomic mass is 9.80. The van der Waals surface area contributed by atoms with E-state index < -0.39 is 5.97 Å². The topological polar surface area (TPSA) is 58.6 Å². The highest BCUT2D eigenvalue weighted by atomic mass is 16.5. The van der Waals surface area contributed by atoms with Crippen LogP contribution in [0, 0.1) is 13.8 Å². The van der Waals surface area contributed by atoms with Crippen LogP contribution in [-0.2, 0) is 6.42 Å². The van der Waals surface area contributed by atoms with Gasteiger partial charge < -0.3 is 15.2 Å². The minimum Gasteiger partial charge on any atom is -0.490 e. The molecule has 0 unspecified atom stereocenters. The second kappa shape index (κ2) is 11.2. The number of carbonyl (C=O) groups is 1. The number of aryl methyl sites for hydroxylation is 1.